The van der Waals surface area contributed by atoms with Crippen LogP contribution in [-0.2, 0) is 0 Å². The van der Waals surface area contributed by atoms with Gasteiger partial charge < -0.3 is 0 Å². The maximum Gasteiger partial charge on any atom is 0.143 e. The lowest BCUT2D eigenvalue weighted by Crippen LogP contribution is -1.89. The molecule has 0 amide bonds. The van der Waals surface area contributed by atoms with Crippen molar-refractivity contribution in [2.75, 3.05) is 0 Å². The maximum absolute atomic E-state index is 13.0. The number of rotatable bonds is 0. The van der Waals surface area contributed by atoms with E-state index in [1.54, 1.807) is 25.1 Å². The van der Waals surface area contributed by atoms with Crippen molar-refractivity contribution in [3.8, 4) is 6.07 Å². The molecule has 0 aliphatic rings. The fraction of sp³-hybridized carbons (Fsp3) is 0.222. The molecule has 11 heavy (non-hydrogen) atoms. The lowest BCUT2D eigenvalue weighted by atomic mass is 10.1. The normalized spacial score (nSPS) is 9.27. The van der Waals surface area contributed by atoms with E-state index in [-0.39, 0.29) is 5.56 Å². The first kappa shape index (κ1) is 7.74. The van der Waals surface area contributed by atoms with Crippen LogP contribution in [0.25, 0.3) is 0 Å². The molecule has 1 aromatic carbocycles. The topological polar surface area (TPSA) is 23.8 Å². The van der Waals surface area contributed by atoms with E-state index in [0.717, 1.165) is 5.56 Å². The molecule has 1 rings (SSSR count). The molecule has 0 radical (unpaired) electrons. The van der Waals surface area contributed by atoms with E-state index in [1.807, 2.05) is 6.92 Å². The van der Waals surface area contributed by atoms with Crippen LogP contribution in [0.3, 0.4) is 0 Å². The van der Waals surface area contributed by atoms with Crippen LogP contribution < -0.4 is 0 Å². The minimum absolute atomic E-state index is 0.127. The predicted molar refractivity (Wildman–Crippen MR) is 40.6 cm³/mol. The van der Waals surface area contributed by atoms with E-state index in [0.29, 0.717) is 5.56 Å². The van der Waals surface area contributed by atoms with Gasteiger partial charge in [-0.3, -0.25) is 0 Å². The number of hydrogen-bond donors (Lipinski definition) is 0. The largest absolute Gasteiger partial charge is 0.205 e. The SMILES string of the molecule is Cc1cc(C)c(F)c(C#N)c1. The van der Waals surface area contributed by atoms with E-state index in [4.69, 9.17) is 5.26 Å². The van der Waals surface area contributed by atoms with Gasteiger partial charge in [-0.05, 0) is 31.0 Å². The van der Waals surface area contributed by atoms with Crippen LogP contribution in [0.15, 0.2) is 12.1 Å². The second-order valence-corrected chi connectivity index (χ2v) is 2.56. The Hall–Kier alpha value is -1.36. The number of benzene rings is 1. The van der Waals surface area contributed by atoms with Gasteiger partial charge in [0.1, 0.15) is 11.9 Å². The minimum atomic E-state index is -0.405. The van der Waals surface area contributed by atoms with Crippen molar-refractivity contribution in [1.82, 2.24) is 0 Å². The molecule has 1 nitrogen and oxygen atoms in total. The average molecular weight is 149 g/mol. The van der Waals surface area contributed by atoms with Crippen molar-refractivity contribution >= 4 is 0 Å². The zero-order chi connectivity index (χ0) is 8.43. The van der Waals surface area contributed by atoms with Crippen LogP contribution >= 0.6 is 0 Å². The van der Waals surface area contributed by atoms with Gasteiger partial charge in [0.15, 0.2) is 0 Å². The first-order chi connectivity index (χ1) is 5.15. The molecule has 0 unspecified atom stereocenters. The molecule has 2 heteroatoms. The van der Waals surface area contributed by atoms with Gasteiger partial charge in [0.05, 0.1) is 5.56 Å². The molecule has 0 heterocycles. The van der Waals surface area contributed by atoms with Gasteiger partial charge in [-0.2, -0.15) is 5.26 Å². The van der Waals surface area contributed by atoms with Crippen LogP contribution in [0.5, 0.6) is 0 Å². The molecule has 0 aromatic heterocycles. The number of nitrogens with zero attached hydrogens (tertiary/aromatic N) is 1. The minimum Gasteiger partial charge on any atom is -0.205 e. The Balaban J connectivity index is 3.39. The second-order valence-electron chi connectivity index (χ2n) is 2.56. The van der Waals surface area contributed by atoms with Crippen LogP contribution in [0.2, 0.25) is 0 Å². The van der Waals surface area contributed by atoms with E-state index in [9.17, 15) is 4.39 Å². The standard InChI is InChI=1S/C9H8FN/c1-6-3-7(2)9(10)8(4-6)5-11/h3-4H,1-2H3. The molecule has 56 valence electrons. The third kappa shape index (κ3) is 1.38. The third-order valence-electron chi connectivity index (χ3n) is 1.52. The molecule has 0 saturated carbocycles. The molecule has 0 atom stereocenters. The number of nitriles is 1. The van der Waals surface area contributed by atoms with E-state index in [2.05, 4.69) is 0 Å². The fourth-order valence-corrected chi connectivity index (χ4v) is 1.03. The molecule has 0 aliphatic carbocycles. The summed E-state index contributed by atoms with van der Waals surface area (Å²) >= 11 is 0. The van der Waals surface area contributed by atoms with E-state index in [1.165, 1.54) is 0 Å². The lowest BCUT2D eigenvalue weighted by Gasteiger charge is -1.99. The number of aryl methyl sites for hydroxylation is 2. The molecule has 0 saturated heterocycles. The summed E-state index contributed by atoms with van der Waals surface area (Å²) in [6.45, 7) is 3.50. The van der Waals surface area contributed by atoms with Gasteiger partial charge in [0.2, 0.25) is 0 Å². The van der Waals surface area contributed by atoms with Gasteiger partial charge in [-0.15, -0.1) is 0 Å². The summed E-state index contributed by atoms with van der Waals surface area (Å²) in [6.07, 6.45) is 0. The first-order valence-electron chi connectivity index (χ1n) is 3.32. The smallest absolute Gasteiger partial charge is 0.143 e. The summed E-state index contributed by atoms with van der Waals surface area (Å²) in [5, 5.41) is 8.48. The van der Waals surface area contributed by atoms with Crippen molar-refractivity contribution in [2.24, 2.45) is 0 Å². The molecular weight excluding hydrogens is 141 g/mol. The Bertz CT molecular complexity index is 323. The highest BCUT2D eigenvalue weighted by Crippen LogP contribution is 2.13. The maximum atomic E-state index is 13.0. The zero-order valence-corrected chi connectivity index (χ0v) is 6.48. The third-order valence-corrected chi connectivity index (χ3v) is 1.52. The summed E-state index contributed by atoms with van der Waals surface area (Å²) in [5.74, 6) is -0.405. The van der Waals surface area contributed by atoms with Crippen molar-refractivity contribution < 1.29 is 4.39 Å². The van der Waals surface area contributed by atoms with Crippen molar-refractivity contribution in [1.29, 1.82) is 5.26 Å². The summed E-state index contributed by atoms with van der Waals surface area (Å²) < 4.78 is 13.0. The molecule has 0 spiro atoms. The van der Waals surface area contributed by atoms with Gasteiger partial charge in [0.25, 0.3) is 0 Å². The Labute approximate surface area is 65.1 Å². The molecule has 0 N–H and O–H groups in total. The summed E-state index contributed by atoms with van der Waals surface area (Å²) in [5.41, 5.74) is 1.57. The van der Waals surface area contributed by atoms with Crippen molar-refractivity contribution in [3.05, 3.63) is 34.6 Å². The zero-order valence-electron chi connectivity index (χ0n) is 6.48. The lowest BCUT2D eigenvalue weighted by molar-refractivity contribution is 0.614. The highest BCUT2D eigenvalue weighted by molar-refractivity contribution is 5.38. The number of hydrogen-bond acceptors (Lipinski definition) is 1. The molecular formula is C9H8FN. The predicted octanol–water partition coefficient (Wildman–Crippen LogP) is 2.31. The van der Waals surface area contributed by atoms with E-state index >= 15 is 0 Å². The van der Waals surface area contributed by atoms with Crippen LogP contribution in [-0.4, -0.2) is 0 Å². The molecule has 0 bridgehead atoms. The quantitative estimate of drug-likeness (QED) is 0.555. The molecule has 0 fully saturated rings. The van der Waals surface area contributed by atoms with E-state index < -0.39 is 5.82 Å². The molecule has 0 aliphatic heterocycles. The fourth-order valence-electron chi connectivity index (χ4n) is 1.03. The van der Waals surface area contributed by atoms with Crippen molar-refractivity contribution in [2.45, 2.75) is 13.8 Å². The molecule has 1 aromatic rings. The van der Waals surface area contributed by atoms with Crippen LogP contribution in [0.1, 0.15) is 16.7 Å². The highest BCUT2D eigenvalue weighted by atomic mass is 19.1. The van der Waals surface area contributed by atoms with Crippen LogP contribution in [0, 0.1) is 31.0 Å². The van der Waals surface area contributed by atoms with Gasteiger partial charge in [-0.1, -0.05) is 6.07 Å². The summed E-state index contributed by atoms with van der Waals surface area (Å²) in [6, 6.07) is 5.06. The summed E-state index contributed by atoms with van der Waals surface area (Å²) in [7, 11) is 0. The summed E-state index contributed by atoms with van der Waals surface area (Å²) in [4.78, 5) is 0. The van der Waals surface area contributed by atoms with Crippen LogP contribution in [0.4, 0.5) is 4.39 Å². The van der Waals surface area contributed by atoms with Gasteiger partial charge >= 0.3 is 0 Å². The van der Waals surface area contributed by atoms with Crippen molar-refractivity contribution in [3.63, 3.8) is 0 Å². The number of halogens is 1. The Morgan fingerprint density at radius 1 is 1.36 bits per heavy atom. The van der Waals surface area contributed by atoms with Gasteiger partial charge in [-0.25, -0.2) is 4.39 Å². The Morgan fingerprint density at radius 3 is 2.55 bits per heavy atom. The second kappa shape index (κ2) is 2.71. The van der Waals surface area contributed by atoms with Gasteiger partial charge in [0, 0.05) is 0 Å². The average Bonchev–Trinajstić information content (AvgIpc) is 1.96. The Kier molecular flexibility index (Phi) is 1.91. The highest BCUT2D eigenvalue weighted by Gasteiger charge is 2.04. The Morgan fingerprint density at radius 2 is 2.00 bits per heavy atom. The first-order valence-corrected chi connectivity index (χ1v) is 3.32. The monoisotopic (exact) mass is 149 g/mol.